The van der Waals surface area contributed by atoms with E-state index in [1.807, 2.05) is 24.3 Å². The Morgan fingerprint density at radius 3 is 2.71 bits per heavy atom. The number of thiazole rings is 1. The summed E-state index contributed by atoms with van der Waals surface area (Å²) in [7, 11) is 0. The highest BCUT2D eigenvalue weighted by molar-refractivity contribution is 8.93. The molecule has 0 atom stereocenters. The maximum Gasteiger partial charge on any atom is 0.194 e. The molecule has 0 amide bonds. The molecule has 0 saturated heterocycles. The fourth-order valence-corrected chi connectivity index (χ4v) is 3.74. The van der Waals surface area contributed by atoms with Crippen molar-refractivity contribution in [3.63, 3.8) is 0 Å². The van der Waals surface area contributed by atoms with Crippen molar-refractivity contribution >= 4 is 61.9 Å². The summed E-state index contributed by atoms with van der Waals surface area (Å²) in [6.45, 7) is 2.02. The van der Waals surface area contributed by atoms with Gasteiger partial charge in [0.25, 0.3) is 0 Å². The van der Waals surface area contributed by atoms with E-state index in [-0.39, 0.29) is 34.0 Å². The number of hydrogen-bond donors (Lipinski definition) is 1. The molecule has 0 fully saturated rings. The van der Waals surface area contributed by atoms with Gasteiger partial charge in [-0.2, -0.15) is 0 Å². The van der Waals surface area contributed by atoms with Crippen molar-refractivity contribution in [1.82, 2.24) is 14.7 Å². The molecule has 1 aliphatic heterocycles. The monoisotopic (exact) mass is 449 g/mol. The molecular formula is C14H14Br2ClN3S. The molecule has 2 aromatic heterocycles. The molecule has 1 aromatic carbocycles. The lowest BCUT2D eigenvalue weighted by Gasteiger charge is -2.11. The van der Waals surface area contributed by atoms with Gasteiger partial charge in [-0.15, -0.1) is 34.0 Å². The smallest absolute Gasteiger partial charge is 0.194 e. The molecule has 3 nitrogen and oxygen atoms in total. The van der Waals surface area contributed by atoms with Crippen LogP contribution in [0.2, 0.25) is 5.02 Å². The van der Waals surface area contributed by atoms with Crippen LogP contribution in [0.5, 0.6) is 0 Å². The van der Waals surface area contributed by atoms with Crippen molar-refractivity contribution < 1.29 is 0 Å². The van der Waals surface area contributed by atoms with Gasteiger partial charge >= 0.3 is 0 Å². The van der Waals surface area contributed by atoms with Gasteiger partial charge < -0.3 is 5.32 Å². The highest BCUT2D eigenvalue weighted by Gasteiger charge is 2.17. The first-order valence-corrected chi connectivity index (χ1v) is 7.47. The van der Waals surface area contributed by atoms with Crippen LogP contribution in [0.3, 0.4) is 0 Å². The van der Waals surface area contributed by atoms with Crippen LogP contribution in [0.4, 0.5) is 0 Å². The number of rotatable bonds is 1. The van der Waals surface area contributed by atoms with Gasteiger partial charge in [-0.25, -0.2) is 4.98 Å². The summed E-state index contributed by atoms with van der Waals surface area (Å²) in [6, 6.07) is 7.85. The second-order valence-corrected chi connectivity index (χ2v) is 6.18. The van der Waals surface area contributed by atoms with Gasteiger partial charge in [-0.05, 0) is 12.1 Å². The van der Waals surface area contributed by atoms with E-state index in [2.05, 4.69) is 15.9 Å². The third-order valence-electron chi connectivity index (χ3n) is 3.46. The van der Waals surface area contributed by atoms with E-state index >= 15 is 0 Å². The van der Waals surface area contributed by atoms with Crippen molar-refractivity contribution in [2.45, 2.75) is 13.0 Å². The number of nitrogens with zero attached hydrogens (tertiary/aromatic N) is 2. The number of imidazole rings is 1. The Balaban J connectivity index is 0.000000807. The van der Waals surface area contributed by atoms with E-state index in [9.17, 15) is 0 Å². The first-order chi connectivity index (χ1) is 9.31. The van der Waals surface area contributed by atoms with Crippen molar-refractivity contribution in [3.8, 4) is 11.3 Å². The van der Waals surface area contributed by atoms with Crippen LogP contribution >= 0.6 is 56.9 Å². The molecule has 7 heteroatoms. The van der Waals surface area contributed by atoms with Gasteiger partial charge in [-0.1, -0.05) is 35.1 Å². The lowest BCUT2D eigenvalue weighted by molar-refractivity contribution is 0.638. The van der Waals surface area contributed by atoms with Crippen LogP contribution in [-0.4, -0.2) is 15.9 Å². The Morgan fingerprint density at radius 1 is 1.19 bits per heavy atom. The van der Waals surface area contributed by atoms with Crippen LogP contribution in [0.1, 0.15) is 10.6 Å². The minimum absolute atomic E-state index is 0. The average molecular weight is 452 g/mol. The molecule has 3 heterocycles. The SMILES string of the molecule is Br.Br.Clc1ccc(-c2cn3c4c(sc3n2)CNCC4)cc1. The van der Waals surface area contributed by atoms with E-state index in [0.717, 1.165) is 40.8 Å². The predicted octanol–water partition coefficient (Wildman–Crippen LogP) is 4.52. The standard InChI is InChI=1S/C14H12ClN3S.2BrH/c15-10-3-1-9(2-4-10)11-8-18-12-5-6-16-7-13(12)19-14(18)17-11;;/h1-4,8,16H,5-7H2;2*1H. The van der Waals surface area contributed by atoms with Crippen molar-refractivity contribution in [3.05, 3.63) is 46.1 Å². The Hall–Kier alpha value is -0.400. The normalized spacial score (nSPS) is 13.4. The van der Waals surface area contributed by atoms with Crippen molar-refractivity contribution in [2.24, 2.45) is 0 Å². The van der Waals surface area contributed by atoms with Crippen LogP contribution in [0.15, 0.2) is 30.5 Å². The summed E-state index contributed by atoms with van der Waals surface area (Å²) in [6.07, 6.45) is 3.21. The van der Waals surface area contributed by atoms with E-state index in [0.29, 0.717) is 0 Å². The summed E-state index contributed by atoms with van der Waals surface area (Å²) >= 11 is 7.70. The number of hydrogen-bond acceptors (Lipinski definition) is 3. The van der Waals surface area contributed by atoms with Crippen LogP contribution in [0, 0.1) is 0 Å². The number of benzene rings is 1. The number of nitrogens with one attached hydrogen (secondary N) is 1. The molecular weight excluding hydrogens is 438 g/mol. The zero-order valence-corrected chi connectivity index (χ0v) is 16.0. The molecule has 21 heavy (non-hydrogen) atoms. The van der Waals surface area contributed by atoms with E-state index in [1.54, 1.807) is 11.3 Å². The van der Waals surface area contributed by atoms with Crippen LogP contribution in [0.25, 0.3) is 16.2 Å². The number of halogens is 3. The third kappa shape index (κ3) is 3.05. The molecule has 0 spiro atoms. The number of aromatic nitrogens is 2. The predicted molar refractivity (Wildman–Crippen MR) is 99.6 cm³/mol. The zero-order valence-electron chi connectivity index (χ0n) is 11.0. The molecule has 1 aliphatic rings. The molecule has 1 N–H and O–H groups in total. The first-order valence-electron chi connectivity index (χ1n) is 6.27. The number of fused-ring (bicyclic) bond motifs is 3. The zero-order chi connectivity index (χ0) is 12.8. The molecule has 0 unspecified atom stereocenters. The second-order valence-electron chi connectivity index (χ2n) is 4.68. The average Bonchev–Trinajstić information content (AvgIpc) is 2.97. The van der Waals surface area contributed by atoms with Crippen molar-refractivity contribution in [2.75, 3.05) is 6.54 Å². The maximum atomic E-state index is 5.92. The second kappa shape index (κ2) is 6.79. The van der Waals surface area contributed by atoms with Gasteiger partial charge in [0.15, 0.2) is 4.96 Å². The molecule has 3 aromatic rings. The van der Waals surface area contributed by atoms with E-state index in [1.165, 1.54) is 10.6 Å². The fraction of sp³-hybridized carbons (Fsp3) is 0.214. The molecule has 0 aliphatic carbocycles. The largest absolute Gasteiger partial charge is 0.311 e. The Kier molecular flexibility index (Phi) is 5.48. The Labute approximate surface area is 152 Å². The highest BCUT2D eigenvalue weighted by Crippen LogP contribution is 2.29. The Bertz CT molecular complexity index is 752. The van der Waals surface area contributed by atoms with Gasteiger partial charge in [0, 0.05) is 46.9 Å². The summed E-state index contributed by atoms with van der Waals surface area (Å²) in [4.78, 5) is 7.22. The molecule has 0 bridgehead atoms. The van der Waals surface area contributed by atoms with E-state index < -0.39 is 0 Å². The summed E-state index contributed by atoms with van der Waals surface area (Å²) < 4.78 is 2.24. The van der Waals surface area contributed by atoms with Crippen LogP contribution in [-0.2, 0) is 13.0 Å². The highest BCUT2D eigenvalue weighted by atomic mass is 79.9. The minimum Gasteiger partial charge on any atom is -0.311 e. The maximum absolute atomic E-state index is 5.92. The fourth-order valence-electron chi connectivity index (χ4n) is 2.50. The van der Waals surface area contributed by atoms with E-state index in [4.69, 9.17) is 16.6 Å². The molecule has 112 valence electrons. The minimum atomic E-state index is 0. The first kappa shape index (κ1) is 17.0. The molecule has 4 rings (SSSR count). The quantitative estimate of drug-likeness (QED) is 0.590. The Morgan fingerprint density at radius 2 is 1.95 bits per heavy atom. The van der Waals surface area contributed by atoms with Gasteiger partial charge in [0.1, 0.15) is 0 Å². The lowest BCUT2D eigenvalue weighted by Crippen LogP contribution is -2.23. The van der Waals surface area contributed by atoms with Gasteiger partial charge in [-0.3, -0.25) is 4.40 Å². The summed E-state index contributed by atoms with van der Waals surface area (Å²) in [5, 5.41) is 4.16. The van der Waals surface area contributed by atoms with Gasteiger partial charge in [0.05, 0.1) is 5.69 Å². The molecule has 0 radical (unpaired) electrons. The van der Waals surface area contributed by atoms with Gasteiger partial charge in [0.2, 0.25) is 0 Å². The molecule has 0 saturated carbocycles. The lowest BCUT2D eigenvalue weighted by atomic mass is 10.2. The van der Waals surface area contributed by atoms with Crippen molar-refractivity contribution in [1.29, 1.82) is 0 Å². The third-order valence-corrected chi connectivity index (χ3v) is 4.81. The summed E-state index contributed by atoms with van der Waals surface area (Å²) in [5.41, 5.74) is 3.54. The summed E-state index contributed by atoms with van der Waals surface area (Å²) in [5.74, 6) is 0. The van der Waals surface area contributed by atoms with Crippen LogP contribution < -0.4 is 5.32 Å². The topological polar surface area (TPSA) is 29.3 Å².